The van der Waals surface area contributed by atoms with Gasteiger partial charge in [-0.05, 0) is 50.6 Å². The Balaban J connectivity index is 1.62. The van der Waals surface area contributed by atoms with Crippen molar-refractivity contribution in [1.29, 1.82) is 0 Å². The molecule has 1 saturated heterocycles. The largest absolute Gasteiger partial charge is 0.491 e. The van der Waals surface area contributed by atoms with E-state index in [0.29, 0.717) is 12.4 Å². The highest BCUT2D eigenvalue weighted by atomic mass is 19.1. The summed E-state index contributed by atoms with van der Waals surface area (Å²) in [5, 5.41) is 0. The first-order valence-electron chi connectivity index (χ1n) is 8.25. The highest BCUT2D eigenvalue weighted by molar-refractivity contribution is 5.22. The summed E-state index contributed by atoms with van der Waals surface area (Å²) in [5.74, 6) is 0.398. The summed E-state index contributed by atoms with van der Waals surface area (Å²) in [7, 11) is 1.73. The van der Waals surface area contributed by atoms with E-state index in [0.717, 1.165) is 43.9 Å². The minimum atomic E-state index is -0.350. The second-order valence-corrected chi connectivity index (χ2v) is 6.42. The number of hydrogen-bond donors (Lipinski definition) is 1. The number of ether oxygens (including phenoxy) is 2. The molecule has 2 aromatic rings. The van der Waals surface area contributed by atoms with Crippen molar-refractivity contribution in [3.8, 4) is 5.75 Å². The fraction of sp³-hybridized carbons (Fsp3) is 0.500. The maximum absolute atomic E-state index is 13.0. The number of aryl methyl sites for hydroxylation is 1. The molecule has 0 aliphatic carbocycles. The Kier molecular flexibility index (Phi) is 5.16. The van der Waals surface area contributed by atoms with Gasteiger partial charge in [-0.3, -0.25) is 4.90 Å². The lowest BCUT2D eigenvalue weighted by Gasteiger charge is -2.41. The SMILES string of the molecule is COC1(COc2ccc(F)cc2)CCCN(Cc2nc[nH]c2C)C1. The van der Waals surface area contributed by atoms with Crippen LogP contribution in [0.1, 0.15) is 24.2 Å². The third-order valence-corrected chi connectivity index (χ3v) is 4.67. The van der Waals surface area contributed by atoms with Crippen LogP contribution in [0.4, 0.5) is 4.39 Å². The van der Waals surface area contributed by atoms with E-state index >= 15 is 0 Å². The second-order valence-electron chi connectivity index (χ2n) is 6.42. The van der Waals surface area contributed by atoms with Crippen LogP contribution in [-0.2, 0) is 11.3 Å². The number of aromatic amines is 1. The molecule has 5 nitrogen and oxygen atoms in total. The molecule has 0 spiro atoms. The van der Waals surface area contributed by atoms with Gasteiger partial charge in [-0.2, -0.15) is 0 Å². The van der Waals surface area contributed by atoms with E-state index in [9.17, 15) is 4.39 Å². The molecular formula is C18H24FN3O2. The first-order chi connectivity index (χ1) is 11.6. The quantitative estimate of drug-likeness (QED) is 0.883. The summed E-state index contributed by atoms with van der Waals surface area (Å²) in [5.41, 5.74) is 1.82. The first kappa shape index (κ1) is 16.9. The van der Waals surface area contributed by atoms with Crippen LogP contribution in [-0.4, -0.2) is 47.3 Å². The fourth-order valence-electron chi connectivity index (χ4n) is 3.17. The van der Waals surface area contributed by atoms with Crippen LogP contribution in [0, 0.1) is 12.7 Å². The molecule has 1 atom stereocenters. The van der Waals surface area contributed by atoms with E-state index in [-0.39, 0.29) is 11.4 Å². The molecule has 6 heteroatoms. The van der Waals surface area contributed by atoms with Crippen molar-refractivity contribution in [3.63, 3.8) is 0 Å². The van der Waals surface area contributed by atoms with Gasteiger partial charge in [0.15, 0.2) is 0 Å². The first-order valence-corrected chi connectivity index (χ1v) is 8.25. The average molecular weight is 333 g/mol. The minimum Gasteiger partial charge on any atom is -0.491 e. The Bertz CT molecular complexity index is 659. The van der Waals surface area contributed by atoms with Gasteiger partial charge in [-0.15, -0.1) is 0 Å². The third kappa shape index (κ3) is 3.94. The lowest BCUT2D eigenvalue weighted by atomic mass is 9.93. The molecule has 0 bridgehead atoms. The molecule has 1 aliphatic rings. The van der Waals surface area contributed by atoms with Crippen LogP contribution in [0.15, 0.2) is 30.6 Å². The number of nitrogens with one attached hydrogen (secondary N) is 1. The number of imidazole rings is 1. The lowest BCUT2D eigenvalue weighted by molar-refractivity contribution is -0.0910. The maximum Gasteiger partial charge on any atom is 0.123 e. The molecule has 0 amide bonds. The molecule has 24 heavy (non-hydrogen) atoms. The maximum atomic E-state index is 13.0. The normalized spacial score (nSPS) is 21.8. The summed E-state index contributed by atoms with van der Waals surface area (Å²) in [4.78, 5) is 9.85. The van der Waals surface area contributed by atoms with Crippen molar-refractivity contribution in [2.45, 2.75) is 31.9 Å². The third-order valence-electron chi connectivity index (χ3n) is 4.67. The number of rotatable bonds is 6. The Morgan fingerprint density at radius 2 is 2.12 bits per heavy atom. The van der Waals surface area contributed by atoms with Crippen LogP contribution in [0.5, 0.6) is 5.75 Å². The van der Waals surface area contributed by atoms with E-state index in [1.165, 1.54) is 12.1 Å². The Labute approximate surface area is 141 Å². The van der Waals surface area contributed by atoms with Gasteiger partial charge in [0.2, 0.25) is 0 Å². The number of likely N-dealkylation sites (tertiary alicyclic amines) is 1. The van der Waals surface area contributed by atoms with E-state index in [1.807, 2.05) is 6.92 Å². The molecule has 0 saturated carbocycles. The number of H-pyrrole nitrogens is 1. The summed E-state index contributed by atoms with van der Waals surface area (Å²) >= 11 is 0. The van der Waals surface area contributed by atoms with E-state index < -0.39 is 0 Å². The molecule has 2 heterocycles. The molecular weight excluding hydrogens is 309 g/mol. The summed E-state index contributed by atoms with van der Waals surface area (Å²) in [6.45, 7) is 5.10. The fourth-order valence-corrected chi connectivity index (χ4v) is 3.17. The van der Waals surface area contributed by atoms with E-state index in [4.69, 9.17) is 9.47 Å². The van der Waals surface area contributed by atoms with Crippen LogP contribution < -0.4 is 4.74 Å². The predicted octanol–water partition coefficient (Wildman–Crippen LogP) is 2.92. The zero-order chi connectivity index (χ0) is 17.0. The van der Waals surface area contributed by atoms with Gasteiger partial charge >= 0.3 is 0 Å². The monoisotopic (exact) mass is 333 g/mol. The number of halogens is 1. The molecule has 1 aromatic heterocycles. The molecule has 1 aliphatic heterocycles. The van der Waals surface area contributed by atoms with Gasteiger partial charge in [0.1, 0.15) is 23.8 Å². The summed E-state index contributed by atoms with van der Waals surface area (Å²) in [6, 6.07) is 6.10. The van der Waals surface area contributed by atoms with Crippen LogP contribution in [0.2, 0.25) is 0 Å². The van der Waals surface area contributed by atoms with Crippen molar-refractivity contribution in [2.75, 3.05) is 26.8 Å². The number of methoxy groups -OCH3 is 1. The molecule has 0 radical (unpaired) electrons. The lowest BCUT2D eigenvalue weighted by Crippen LogP contribution is -2.52. The van der Waals surface area contributed by atoms with Crippen molar-refractivity contribution < 1.29 is 13.9 Å². The number of nitrogens with zero attached hydrogens (tertiary/aromatic N) is 2. The van der Waals surface area contributed by atoms with E-state index in [1.54, 1.807) is 25.6 Å². The van der Waals surface area contributed by atoms with Gasteiger partial charge in [0.25, 0.3) is 0 Å². The summed E-state index contributed by atoms with van der Waals surface area (Å²) in [6.07, 6.45) is 3.72. The van der Waals surface area contributed by atoms with Gasteiger partial charge in [-0.1, -0.05) is 0 Å². The molecule has 1 unspecified atom stereocenters. The van der Waals surface area contributed by atoms with Gasteiger partial charge < -0.3 is 14.5 Å². The van der Waals surface area contributed by atoms with Crippen LogP contribution in [0.25, 0.3) is 0 Å². The Morgan fingerprint density at radius 3 is 2.79 bits per heavy atom. The Hall–Kier alpha value is -1.92. The zero-order valence-corrected chi connectivity index (χ0v) is 14.2. The van der Waals surface area contributed by atoms with Crippen LogP contribution in [0.3, 0.4) is 0 Å². The topological polar surface area (TPSA) is 50.4 Å². The minimum absolute atomic E-state index is 0.262. The van der Waals surface area contributed by atoms with Gasteiger partial charge in [0, 0.05) is 25.9 Å². The number of benzene rings is 1. The zero-order valence-electron chi connectivity index (χ0n) is 14.2. The molecule has 1 aromatic carbocycles. The highest BCUT2D eigenvalue weighted by Crippen LogP contribution is 2.27. The Morgan fingerprint density at radius 1 is 1.33 bits per heavy atom. The predicted molar refractivity (Wildman–Crippen MR) is 89.5 cm³/mol. The molecule has 3 rings (SSSR count). The van der Waals surface area contributed by atoms with Crippen LogP contribution >= 0.6 is 0 Å². The van der Waals surface area contributed by atoms with Crippen molar-refractivity contribution in [1.82, 2.24) is 14.9 Å². The van der Waals surface area contributed by atoms with E-state index in [2.05, 4.69) is 14.9 Å². The average Bonchev–Trinajstić information content (AvgIpc) is 3.00. The number of aromatic nitrogens is 2. The number of piperidine rings is 1. The van der Waals surface area contributed by atoms with Crippen molar-refractivity contribution in [2.24, 2.45) is 0 Å². The van der Waals surface area contributed by atoms with Gasteiger partial charge in [-0.25, -0.2) is 9.37 Å². The highest BCUT2D eigenvalue weighted by Gasteiger charge is 2.36. The number of hydrogen-bond acceptors (Lipinski definition) is 4. The standard InChI is InChI=1S/C18H24FN3O2/c1-14-17(21-13-20-14)10-22-9-3-8-18(11-22,23-2)12-24-16-6-4-15(19)5-7-16/h4-7,13H,3,8-12H2,1-2H3,(H,20,21). The second kappa shape index (κ2) is 7.32. The molecule has 130 valence electrons. The van der Waals surface area contributed by atoms with Gasteiger partial charge in [0.05, 0.1) is 12.0 Å². The molecule has 1 N–H and O–H groups in total. The van der Waals surface area contributed by atoms with Crippen molar-refractivity contribution >= 4 is 0 Å². The smallest absolute Gasteiger partial charge is 0.123 e. The molecule has 1 fully saturated rings. The van der Waals surface area contributed by atoms with Crippen molar-refractivity contribution in [3.05, 3.63) is 47.8 Å². The summed E-state index contributed by atoms with van der Waals surface area (Å²) < 4.78 is 24.7.